The SMILES string of the molecule is C.COC12CC3CC(CC(C3)C1)C2. The van der Waals surface area contributed by atoms with E-state index in [0.29, 0.717) is 5.60 Å². The minimum absolute atomic E-state index is 0. The van der Waals surface area contributed by atoms with Crippen molar-refractivity contribution in [2.24, 2.45) is 17.8 Å². The Morgan fingerprint density at radius 3 is 1.62 bits per heavy atom. The van der Waals surface area contributed by atoms with E-state index in [1.54, 1.807) is 0 Å². The van der Waals surface area contributed by atoms with Gasteiger partial charge in [0.1, 0.15) is 0 Å². The Balaban J connectivity index is 0.000000653. The highest BCUT2D eigenvalue weighted by atomic mass is 16.5. The van der Waals surface area contributed by atoms with Crippen LogP contribution >= 0.6 is 0 Å². The van der Waals surface area contributed by atoms with Crippen LogP contribution in [-0.4, -0.2) is 12.7 Å². The molecule has 0 aromatic heterocycles. The lowest BCUT2D eigenvalue weighted by Gasteiger charge is -2.55. The molecule has 0 aromatic carbocycles. The van der Waals surface area contributed by atoms with E-state index in [2.05, 4.69) is 0 Å². The summed E-state index contributed by atoms with van der Waals surface area (Å²) in [5.41, 5.74) is 0.342. The first-order chi connectivity index (χ1) is 5.80. The van der Waals surface area contributed by atoms with E-state index in [1.165, 1.54) is 38.5 Å². The smallest absolute Gasteiger partial charge is 0.0686 e. The van der Waals surface area contributed by atoms with Crippen LogP contribution in [0.25, 0.3) is 0 Å². The maximum Gasteiger partial charge on any atom is 0.0686 e. The fourth-order valence-corrected chi connectivity index (χ4v) is 4.28. The Kier molecular flexibility index (Phi) is 2.18. The van der Waals surface area contributed by atoms with Gasteiger partial charge in [-0.1, -0.05) is 7.43 Å². The van der Waals surface area contributed by atoms with Gasteiger partial charge in [-0.3, -0.25) is 0 Å². The van der Waals surface area contributed by atoms with Gasteiger partial charge in [0.15, 0.2) is 0 Å². The molecule has 4 fully saturated rings. The van der Waals surface area contributed by atoms with Gasteiger partial charge in [0, 0.05) is 7.11 Å². The molecule has 1 heteroatoms. The average Bonchev–Trinajstić information content (AvgIpc) is 2.02. The van der Waals surface area contributed by atoms with E-state index >= 15 is 0 Å². The second-order valence-corrected chi connectivity index (χ2v) is 5.30. The van der Waals surface area contributed by atoms with Gasteiger partial charge < -0.3 is 4.74 Å². The standard InChI is InChI=1S/C11H18O.CH4/c1-12-11-5-8-2-9(6-11)4-10(3-8)7-11;/h8-10H,2-7H2,1H3;1H4. The summed E-state index contributed by atoms with van der Waals surface area (Å²) in [7, 11) is 1.92. The van der Waals surface area contributed by atoms with Crippen molar-refractivity contribution in [1.82, 2.24) is 0 Å². The minimum atomic E-state index is 0. The molecule has 0 atom stereocenters. The Labute approximate surface area is 81.9 Å². The van der Waals surface area contributed by atoms with Gasteiger partial charge in [-0.2, -0.15) is 0 Å². The average molecular weight is 182 g/mol. The zero-order valence-electron chi connectivity index (χ0n) is 7.88. The summed E-state index contributed by atoms with van der Waals surface area (Å²) in [6, 6.07) is 0. The summed E-state index contributed by atoms with van der Waals surface area (Å²) < 4.78 is 5.75. The summed E-state index contributed by atoms with van der Waals surface area (Å²) in [6.07, 6.45) is 8.66. The molecule has 0 amide bonds. The summed E-state index contributed by atoms with van der Waals surface area (Å²) >= 11 is 0. The summed E-state index contributed by atoms with van der Waals surface area (Å²) in [5, 5.41) is 0. The van der Waals surface area contributed by atoms with Crippen molar-refractivity contribution in [3.8, 4) is 0 Å². The molecule has 4 saturated carbocycles. The first-order valence-corrected chi connectivity index (χ1v) is 5.35. The molecule has 0 saturated heterocycles. The minimum Gasteiger partial charge on any atom is -0.378 e. The third-order valence-electron chi connectivity index (χ3n) is 4.42. The number of rotatable bonds is 1. The first kappa shape index (κ1) is 9.51. The van der Waals surface area contributed by atoms with E-state index in [4.69, 9.17) is 4.74 Å². The Bertz CT molecular complexity index is 162. The van der Waals surface area contributed by atoms with Crippen LogP contribution in [0.4, 0.5) is 0 Å². The van der Waals surface area contributed by atoms with Crippen molar-refractivity contribution in [3.63, 3.8) is 0 Å². The summed E-state index contributed by atoms with van der Waals surface area (Å²) in [6.45, 7) is 0. The summed E-state index contributed by atoms with van der Waals surface area (Å²) in [4.78, 5) is 0. The zero-order chi connectivity index (χ0) is 8.18. The van der Waals surface area contributed by atoms with Crippen LogP contribution in [0.2, 0.25) is 0 Å². The quantitative estimate of drug-likeness (QED) is 0.605. The van der Waals surface area contributed by atoms with Crippen LogP contribution in [-0.2, 0) is 4.74 Å². The van der Waals surface area contributed by atoms with Gasteiger partial charge in [0.2, 0.25) is 0 Å². The maximum absolute atomic E-state index is 5.75. The highest BCUT2D eigenvalue weighted by Crippen LogP contribution is 2.56. The molecule has 1 nitrogen and oxygen atoms in total. The molecule has 13 heavy (non-hydrogen) atoms. The molecule has 76 valence electrons. The Morgan fingerprint density at radius 1 is 0.923 bits per heavy atom. The van der Waals surface area contributed by atoms with Crippen molar-refractivity contribution in [2.75, 3.05) is 7.11 Å². The van der Waals surface area contributed by atoms with E-state index < -0.39 is 0 Å². The first-order valence-electron chi connectivity index (χ1n) is 5.35. The van der Waals surface area contributed by atoms with Crippen LogP contribution < -0.4 is 0 Å². The number of ether oxygens (including phenoxy) is 1. The predicted octanol–water partition coefficient (Wildman–Crippen LogP) is 3.24. The van der Waals surface area contributed by atoms with Crippen LogP contribution in [0, 0.1) is 17.8 Å². The molecule has 0 radical (unpaired) electrons. The molecule has 0 N–H and O–H groups in total. The van der Waals surface area contributed by atoms with Crippen molar-refractivity contribution >= 4 is 0 Å². The van der Waals surface area contributed by atoms with E-state index in [1.807, 2.05) is 7.11 Å². The molecule has 4 rings (SSSR count). The van der Waals surface area contributed by atoms with E-state index in [9.17, 15) is 0 Å². The molecular formula is C12H22O. The molecule has 0 aliphatic heterocycles. The number of hydrogen-bond acceptors (Lipinski definition) is 1. The van der Waals surface area contributed by atoms with Crippen LogP contribution in [0.1, 0.15) is 46.0 Å². The molecule has 4 aliphatic rings. The third-order valence-corrected chi connectivity index (χ3v) is 4.42. The number of methoxy groups -OCH3 is 1. The number of hydrogen-bond donors (Lipinski definition) is 0. The third kappa shape index (κ3) is 1.32. The van der Waals surface area contributed by atoms with Gasteiger partial charge in [-0.25, -0.2) is 0 Å². The highest BCUT2D eigenvalue weighted by Gasteiger charge is 2.51. The second kappa shape index (κ2) is 2.98. The topological polar surface area (TPSA) is 9.23 Å². The monoisotopic (exact) mass is 182 g/mol. The van der Waals surface area contributed by atoms with Gasteiger partial charge in [-0.15, -0.1) is 0 Å². The largest absolute Gasteiger partial charge is 0.378 e. The Morgan fingerprint density at radius 2 is 1.31 bits per heavy atom. The molecule has 0 spiro atoms. The van der Waals surface area contributed by atoms with Gasteiger partial charge >= 0.3 is 0 Å². The van der Waals surface area contributed by atoms with Crippen molar-refractivity contribution in [1.29, 1.82) is 0 Å². The summed E-state index contributed by atoms with van der Waals surface area (Å²) in [5.74, 6) is 3.07. The molecule has 0 aromatic rings. The van der Waals surface area contributed by atoms with Gasteiger partial charge in [-0.05, 0) is 56.3 Å². The van der Waals surface area contributed by atoms with Crippen LogP contribution in [0.15, 0.2) is 0 Å². The molecule has 4 bridgehead atoms. The fraction of sp³-hybridized carbons (Fsp3) is 1.00. The highest BCUT2D eigenvalue weighted by molar-refractivity contribution is 5.02. The van der Waals surface area contributed by atoms with E-state index in [-0.39, 0.29) is 7.43 Å². The second-order valence-electron chi connectivity index (χ2n) is 5.30. The molecule has 0 unspecified atom stereocenters. The van der Waals surface area contributed by atoms with Crippen molar-refractivity contribution in [2.45, 2.75) is 51.6 Å². The van der Waals surface area contributed by atoms with Crippen molar-refractivity contribution < 1.29 is 4.74 Å². The molecular weight excluding hydrogens is 160 g/mol. The van der Waals surface area contributed by atoms with Crippen LogP contribution in [0.5, 0.6) is 0 Å². The van der Waals surface area contributed by atoms with Gasteiger partial charge in [0.05, 0.1) is 5.60 Å². The van der Waals surface area contributed by atoms with Gasteiger partial charge in [0.25, 0.3) is 0 Å². The van der Waals surface area contributed by atoms with Crippen molar-refractivity contribution in [3.05, 3.63) is 0 Å². The maximum atomic E-state index is 5.75. The molecule has 4 aliphatic carbocycles. The Hall–Kier alpha value is -0.0400. The molecule has 0 heterocycles. The van der Waals surface area contributed by atoms with E-state index in [0.717, 1.165) is 17.8 Å². The normalized spacial score (nSPS) is 51.9. The lowest BCUT2D eigenvalue weighted by Crippen LogP contribution is -2.51. The predicted molar refractivity (Wildman–Crippen MR) is 54.6 cm³/mol. The lowest BCUT2D eigenvalue weighted by molar-refractivity contribution is -0.145. The van der Waals surface area contributed by atoms with Crippen LogP contribution in [0.3, 0.4) is 0 Å². The fourth-order valence-electron chi connectivity index (χ4n) is 4.28. The lowest BCUT2D eigenvalue weighted by atomic mass is 9.54. The zero-order valence-corrected chi connectivity index (χ0v) is 7.88.